The average Bonchev–Trinajstić information content (AvgIpc) is 3.00. The molecule has 0 aromatic carbocycles. The Balaban J connectivity index is 1.55. The molecule has 19 heavy (non-hydrogen) atoms. The highest BCUT2D eigenvalue weighted by atomic mass is 32.1. The van der Waals surface area contributed by atoms with Crippen LogP contribution >= 0.6 is 11.3 Å². The number of hydrogen-bond acceptors (Lipinski definition) is 4. The van der Waals surface area contributed by atoms with E-state index in [0.29, 0.717) is 12.0 Å². The number of nitrogens with zero attached hydrogens (tertiary/aromatic N) is 2. The summed E-state index contributed by atoms with van der Waals surface area (Å²) in [6, 6.07) is 0. The molecule has 0 bridgehead atoms. The van der Waals surface area contributed by atoms with Gasteiger partial charge in [-0.25, -0.2) is 4.98 Å². The van der Waals surface area contributed by atoms with Crippen molar-refractivity contribution >= 4 is 11.3 Å². The van der Waals surface area contributed by atoms with Crippen molar-refractivity contribution in [2.75, 3.05) is 20.2 Å². The Hall–Kier alpha value is -0.450. The number of likely N-dealkylation sites (tertiary alicyclic amines) is 1. The topological polar surface area (TPSA) is 25.4 Å². The molecule has 1 saturated heterocycles. The second kappa shape index (κ2) is 5.90. The van der Waals surface area contributed by atoms with Crippen LogP contribution in [0.4, 0.5) is 0 Å². The molecule has 106 valence electrons. The highest BCUT2D eigenvalue weighted by molar-refractivity contribution is 7.09. The third kappa shape index (κ3) is 3.18. The van der Waals surface area contributed by atoms with Crippen LogP contribution in [0.25, 0.3) is 0 Å². The first kappa shape index (κ1) is 13.5. The summed E-state index contributed by atoms with van der Waals surface area (Å²) in [5, 5.41) is 3.30. The van der Waals surface area contributed by atoms with Crippen molar-refractivity contribution < 1.29 is 4.74 Å². The molecule has 0 radical (unpaired) electrons. The summed E-state index contributed by atoms with van der Waals surface area (Å²) in [4.78, 5) is 7.26. The molecule has 1 spiro atoms. The molecular weight excluding hydrogens is 256 g/mol. The number of ether oxygens (including phenoxy) is 1. The Morgan fingerprint density at radius 3 is 2.95 bits per heavy atom. The van der Waals surface area contributed by atoms with Gasteiger partial charge in [0, 0.05) is 25.6 Å². The van der Waals surface area contributed by atoms with Crippen molar-refractivity contribution in [3.63, 3.8) is 0 Å². The number of methoxy groups -OCH3 is 1. The van der Waals surface area contributed by atoms with E-state index in [1.165, 1.54) is 57.3 Å². The van der Waals surface area contributed by atoms with Gasteiger partial charge in [-0.15, -0.1) is 11.3 Å². The first-order valence-corrected chi connectivity index (χ1v) is 8.32. The minimum absolute atomic E-state index is 0.647. The van der Waals surface area contributed by atoms with Gasteiger partial charge in [0.05, 0.1) is 12.3 Å². The molecule has 1 aromatic rings. The second-order valence-corrected chi connectivity index (χ2v) is 7.13. The molecule has 0 atom stereocenters. The molecule has 1 aliphatic carbocycles. The SMILES string of the molecule is COCc1nc(CN2CCC3(CCCCC3)C2)cs1. The first-order valence-electron chi connectivity index (χ1n) is 7.44. The summed E-state index contributed by atoms with van der Waals surface area (Å²) >= 11 is 1.72. The third-order valence-electron chi connectivity index (χ3n) is 4.68. The maximum absolute atomic E-state index is 5.14. The molecule has 3 nitrogen and oxygen atoms in total. The van der Waals surface area contributed by atoms with E-state index in [9.17, 15) is 0 Å². The van der Waals surface area contributed by atoms with Crippen molar-refractivity contribution in [2.24, 2.45) is 5.41 Å². The predicted octanol–water partition coefficient (Wildman–Crippen LogP) is 3.45. The van der Waals surface area contributed by atoms with Crippen LogP contribution < -0.4 is 0 Å². The predicted molar refractivity (Wildman–Crippen MR) is 78.2 cm³/mol. The summed E-state index contributed by atoms with van der Waals surface area (Å²) in [7, 11) is 1.73. The van der Waals surface area contributed by atoms with Gasteiger partial charge < -0.3 is 4.74 Å². The van der Waals surface area contributed by atoms with Crippen LogP contribution in [0.3, 0.4) is 0 Å². The van der Waals surface area contributed by atoms with E-state index in [1.54, 1.807) is 18.4 Å². The van der Waals surface area contributed by atoms with Gasteiger partial charge in [-0.05, 0) is 31.2 Å². The molecule has 4 heteroatoms. The zero-order chi connectivity index (χ0) is 13.1. The first-order chi connectivity index (χ1) is 9.30. The van der Waals surface area contributed by atoms with E-state index in [1.807, 2.05) is 0 Å². The molecule has 1 aliphatic heterocycles. The summed E-state index contributed by atoms with van der Waals surface area (Å²) in [5.41, 5.74) is 1.88. The van der Waals surface area contributed by atoms with Crippen LogP contribution in [0.15, 0.2) is 5.38 Å². The lowest BCUT2D eigenvalue weighted by Crippen LogP contribution is -2.29. The zero-order valence-electron chi connectivity index (χ0n) is 11.9. The fraction of sp³-hybridized carbons (Fsp3) is 0.800. The van der Waals surface area contributed by atoms with Crippen LogP contribution in [0.5, 0.6) is 0 Å². The Morgan fingerprint density at radius 2 is 2.16 bits per heavy atom. The largest absolute Gasteiger partial charge is 0.378 e. The Bertz CT molecular complexity index is 412. The van der Waals surface area contributed by atoms with Crippen molar-refractivity contribution in [3.05, 3.63) is 16.1 Å². The Kier molecular flexibility index (Phi) is 4.20. The van der Waals surface area contributed by atoms with Crippen LogP contribution in [0.1, 0.15) is 49.2 Å². The van der Waals surface area contributed by atoms with Crippen LogP contribution in [-0.4, -0.2) is 30.1 Å². The van der Waals surface area contributed by atoms with Gasteiger partial charge in [0.15, 0.2) is 0 Å². The van der Waals surface area contributed by atoms with Crippen LogP contribution in [0, 0.1) is 5.41 Å². The van der Waals surface area contributed by atoms with Crippen molar-refractivity contribution in [1.29, 1.82) is 0 Å². The molecule has 2 heterocycles. The fourth-order valence-corrected chi connectivity index (χ4v) is 4.47. The highest BCUT2D eigenvalue weighted by Gasteiger charge is 2.38. The molecular formula is C15H24N2OS. The molecule has 0 N–H and O–H groups in total. The molecule has 0 unspecified atom stereocenters. The van der Waals surface area contributed by atoms with E-state index in [-0.39, 0.29) is 0 Å². The maximum Gasteiger partial charge on any atom is 0.119 e. The lowest BCUT2D eigenvalue weighted by molar-refractivity contribution is 0.180. The van der Waals surface area contributed by atoms with Crippen molar-refractivity contribution in [2.45, 2.75) is 51.7 Å². The summed E-state index contributed by atoms with van der Waals surface area (Å²) in [5.74, 6) is 0. The van der Waals surface area contributed by atoms with Crippen molar-refractivity contribution in [3.8, 4) is 0 Å². The summed E-state index contributed by atoms with van der Waals surface area (Å²) in [6.45, 7) is 4.23. The van der Waals surface area contributed by atoms with E-state index in [0.717, 1.165) is 11.6 Å². The van der Waals surface area contributed by atoms with Gasteiger partial charge in [0.25, 0.3) is 0 Å². The van der Waals surface area contributed by atoms with Crippen LogP contribution in [0.2, 0.25) is 0 Å². The second-order valence-electron chi connectivity index (χ2n) is 6.19. The van der Waals surface area contributed by atoms with Crippen molar-refractivity contribution in [1.82, 2.24) is 9.88 Å². The lowest BCUT2D eigenvalue weighted by Gasteiger charge is -2.33. The third-order valence-corrected chi connectivity index (χ3v) is 5.56. The van der Waals surface area contributed by atoms with Gasteiger partial charge >= 0.3 is 0 Å². The van der Waals surface area contributed by atoms with Gasteiger partial charge in [-0.3, -0.25) is 4.90 Å². The molecule has 2 fully saturated rings. The lowest BCUT2D eigenvalue weighted by atomic mass is 9.73. The zero-order valence-corrected chi connectivity index (χ0v) is 12.7. The highest BCUT2D eigenvalue weighted by Crippen LogP contribution is 2.43. The summed E-state index contributed by atoms with van der Waals surface area (Å²) < 4.78 is 5.14. The molecule has 3 rings (SSSR count). The van der Waals surface area contributed by atoms with E-state index in [4.69, 9.17) is 4.74 Å². The smallest absolute Gasteiger partial charge is 0.119 e. The monoisotopic (exact) mass is 280 g/mol. The van der Waals surface area contributed by atoms with E-state index in [2.05, 4.69) is 15.3 Å². The standard InChI is InChI=1S/C15H24N2OS/c1-18-10-14-16-13(11-19-14)9-17-8-7-15(12-17)5-3-2-4-6-15/h11H,2-10,12H2,1H3. The maximum atomic E-state index is 5.14. The number of rotatable bonds is 4. The van der Waals surface area contributed by atoms with Crippen LogP contribution in [-0.2, 0) is 17.9 Å². The minimum atomic E-state index is 0.647. The number of aromatic nitrogens is 1. The summed E-state index contributed by atoms with van der Waals surface area (Å²) in [6.07, 6.45) is 8.66. The molecule has 1 aromatic heterocycles. The number of thiazole rings is 1. The van der Waals surface area contributed by atoms with E-state index < -0.39 is 0 Å². The Labute approximate surface area is 120 Å². The van der Waals surface area contributed by atoms with Gasteiger partial charge in [-0.2, -0.15) is 0 Å². The van der Waals surface area contributed by atoms with E-state index >= 15 is 0 Å². The molecule has 0 amide bonds. The molecule has 1 saturated carbocycles. The van der Waals surface area contributed by atoms with Gasteiger partial charge in [0.2, 0.25) is 0 Å². The molecule has 2 aliphatic rings. The quantitative estimate of drug-likeness (QED) is 0.844. The number of hydrogen-bond donors (Lipinski definition) is 0. The normalized spacial score (nSPS) is 23.2. The van der Waals surface area contributed by atoms with Gasteiger partial charge in [-0.1, -0.05) is 19.3 Å². The average molecular weight is 280 g/mol. The minimum Gasteiger partial charge on any atom is -0.378 e. The Morgan fingerprint density at radius 1 is 1.32 bits per heavy atom. The fourth-order valence-electron chi connectivity index (χ4n) is 3.71. The van der Waals surface area contributed by atoms with Gasteiger partial charge in [0.1, 0.15) is 5.01 Å².